The molecule has 4 heterocycles. The van der Waals surface area contributed by atoms with Crippen LogP contribution >= 0.6 is 23.1 Å². The first-order valence-electron chi connectivity index (χ1n) is 11.4. The van der Waals surface area contributed by atoms with Crippen molar-refractivity contribution in [3.63, 3.8) is 0 Å². The summed E-state index contributed by atoms with van der Waals surface area (Å²) in [6.45, 7) is 9.74. The molecule has 0 amide bonds. The largest absolute Gasteiger partial charge is 0.376 e. The number of rotatable bonds is 5. The molecule has 0 N–H and O–H groups in total. The predicted molar refractivity (Wildman–Crippen MR) is 127 cm³/mol. The van der Waals surface area contributed by atoms with Crippen molar-refractivity contribution in [2.75, 3.05) is 6.61 Å². The molecule has 2 atom stereocenters. The topological polar surface area (TPSA) is 83.0 Å². The minimum absolute atomic E-state index is 0.0680. The molecule has 0 bridgehead atoms. The van der Waals surface area contributed by atoms with Crippen LogP contribution in [0.25, 0.3) is 10.2 Å². The number of hydrogen-bond acceptors (Lipinski definition) is 8. The number of fused-ring (bicyclic) bond motifs is 3. The molecule has 2 aliphatic rings. The van der Waals surface area contributed by atoms with Gasteiger partial charge in [-0.2, -0.15) is 4.98 Å². The molecule has 0 saturated carbocycles. The van der Waals surface area contributed by atoms with Gasteiger partial charge in [-0.15, -0.1) is 11.3 Å². The number of hydrogen-bond donors (Lipinski definition) is 0. The zero-order valence-corrected chi connectivity index (χ0v) is 20.8. The van der Waals surface area contributed by atoms with Gasteiger partial charge in [0, 0.05) is 16.9 Å². The molecule has 2 unspecified atom stereocenters. The van der Waals surface area contributed by atoms with Crippen LogP contribution in [0.3, 0.4) is 0 Å². The summed E-state index contributed by atoms with van der Waals surface area (Å²) in [5.74, 6) is 2.41. The fourth-order valence-corrected chi connectivity index (χ4v) is 6.69. The summed E-state index contributed by atoms with van der Waals surface area (Å²) in [6, 6.07) is 0. The van der Waals surface area contributed by atoms with Crippen LogP contribution in [-0.4, -0.2) is 32.4 Å². The van der Waals surface area contributed by atoms with E-state index < -0.39 is 0 Å². The van der Waals surface area contributed by atoms with Crippen LogP contribution in [0, 0.1) is 5.92 Å². The predicted octanol–water partition coefficient (Wildman–Crippen LogP) is 4.73. The number of thioether (sulfide) groups is 1. The van der Waals surface area contributed by atoms with E-state index in [-0.39, 0.29) is 17.1 Å². The van der Waals surface area contributed by atoms with Gasteiger partial charge in [-0.1, -0.05) is 44.6 Å². The minimum atomic E-state index is -0.192. The molecule has 9 heteroatoms. The molecular weight excluding hydrogens is 444 g/mol. The van der Waals surface area contributed by atoms with Crippen molar-refractivity contribution in [3.8, 4) is 0 Å². The van der Waals surface area contributed by atoms with Gasteiger partial charge >= 0.3 is 0 Å². The first-order valence-corrected chi connectivity index (χ1v) is 13.2. The van der Waals surface area contributed by atoms with Crippen molar-refractivity contribution in [1.29, 1.82) is 0 Å². The Kier molecular flexibility index (Phi) is 5.92. The lowest BCUT2D eigenvalue weighted by atomic mass is 9.89. The van der Waals surface area contributed by atoms with Crippen LogP contribution in [-0.2, 0) is 35.3 Å². The zero-order valence-electron chi connectivity index (χ0n) is 19.1. The molecule has 32 heavy (non-hydrogen) atoms. The number of nitrogens with zero attached hydrogens (tertiary/aromatic N) is 4. The van der Waals surface area contributed by atoms with E-state index in [2.05, 4.69) is 17.1 Å². The molecule has 1 aliphatic heterocycles. The summed E-state index contributed by atoms with van der Waals surface area (Å²) in [5.41, 5.74) is 1.11. The summed E-state index contributed by atoms with van der Waals surface area (Å²) < 4.78 is 13.1. The third kappa shape index (κ3) is 4.26. The van der Waals surface area contributed by atoms with E-state index in [9.17, 15) is 4.79 Å². The second-order valence-electron chi connectivity index (χ2n) is 10.0. The standard InChI is InChI=1S/C23H30N4O3S2/c1-13-7-8-15-16(10-13)32-19-18(15)20(28)27(11-14-6-5-9-29-14)22(25-19)31-12-17-24-21(30-26-17)23(2,3)4/h13-14H,5-12H2,1-4H3. The molecule has 3 aromatic rings. The van der Waals surface area contributed by atoms with E-state index in [0.29, 0.717) is 35.1 Å². The molecule has 1 aliphatic carbocycles. The average molecular weight is 475 g/mol. The van der Waals surface area contributed by atoms with Gasteiger partial charge in [-0.05, 0) is 43.6 Å². The summed E-state index contributed by atoms with van der Waals surface area (Å²) in [6.07, 6.45) is 5.24. The fourth-order valence-electron chi connectivity index (χ4n) is 4.41. The molecule has 7 nitrogen and oxygen atoms in total. The van der Waals surface area contributed by atoms with Crippen molar-refractivity contribution in [2.24, 2.45) is 5.92 Å². The Morgan fingerprint density at radius 3 is 2.81 bits per heavy atom. The highest BCUT2D eigenvalue weighted by atomic mass is 32.2. The van der Waals surface area contributed by atoms with Gasteiger partial charge < -0.3 is 9.26 Å². The summed E-state index contributed by atoms with van der Waals surface area (Å²) in [4.78, 5) is 25.4. The first kappa shape index (κ1) is 22.1. The van der Waals surface area contributed by atoms with E-state index >= 15 is 0 Å². The minimum Gasteiger partial charge on any atom is -0.376 e. The van der Waals surface area contributed by atoms with Crippen LogP contribution in [0.4, 0.5) is 0 Å². The highest BCUT2D eigenvalue weighted by Gasteiger charge is 2.27. The normalized spacial score (nSPS) is 21.4. The second kappa shape index (κ2) is 8.57. The summed E-state index contributed by atoms with van der Waals surface area (Å²) >= 11 is 3.19. The quantitative estimate of drug-likeness (QED) is 0.390. The maximum absolute atomic E-state index is 13.7. The Balaban J connectivity index is 1.51. The van der Waals surface area contributed by atoms with Crippen LogP contribution in [0.1, 0.15) is 69.1 Å². The molecule has 172 valence electrons. The van der Waals surface area contributed by atoms with Gasteiger partial charge in [0.15, 0.2) is 11.0 Å². The van der Waals surface area contributed by atoms with Crippen molar-refractivity contribution >= 4 is 33.3 Å². The molecule has 0 radical (unpaired) electrons. The van der Waals surface area contributed by atoms with Crippen LogP contribution in [0.2, 0.25) is 0 Å². The molecule has 5 rings (SSSR count). The first-order chi connectivity index (χ1) is 15.3. The Labute approximate surface area is 196 Å². The smallest absolute Gasteiger partial charge is 0.263 e. The average Bonchev–Trinajstić information content (AvgIpc) is 3.47. The van der Waals surface area contributed by atoms with E-state index in [4.69, 9.17) is 14.2 Å². The van der Waals surface area contributed by atoms with Gasteiger partial charge in [0.25, 0.3) is 5.56 Å². The number of aromatic nitrogens is 4. The van der Waals surface area contributed by atoms with Gasteiger partial charge in [-0.3, -0.25) is 9.36 Å². The molecule has 1 saturated heterocycles. The van der Waals surface area contributed by atoms with Gasteiger partial charge in [0.1, 0.15) is 4.83 Å². The van der Waals surface area contributed by atoms with E-state index in [1.165, 1.54) is 22.2 Å². The van der Waals surface area contributed by atoms with Crippen LogP contribution in [0.5, 0.6) is 0 Å². The summed E-state index contributed by atoms with van der Waals surface area (Å²) in [7, 11) is 0. The van der Waals surface area contributed by atoms with Gasteiger partial charge in [0.05, 0.1) is 23.8 Å². The van der Waals surface area contributed by atoms with Crippen molar-refractivity contribution in [1.82, 2.24) is 19.7 Å². The molecule has 0 aromatic carbocycles. The van der Waals surface area contributed by atoms with Crippen molar-refractivity contribution in [2.45, 2.75) is 88.8 Å². The Hall–Kier alpha value is -1.71. The highest BCUT2D eigenvalue weighted by molar-refractivity contribution is 7.98. The Morgan fingerprint density at radius 1 is 1.25 bits per heavy atom. The number of thiophene rings is 1. The SMILES string of the molecule is CC1CCc2c(sc3nc(SCc4noc(C(C)(C)C)n4)n(CC4CCCO4)c(=O)c23)C1. The Morgan fingerprint density at radius 2 is 2.09 bits per heavy atom. The third-order valence-corrected chi connectivity index (χ3v) is 8.35. The zero-order chi connectivity index (χ0) is 22.5. The third-order valence-electron chi connectivity index (χ3n) is 6.23. The highest BCUT2D eigenvalue weighted by Crippen LogP contribution is 2.37. The fraction of sp³-hybridized carbons (Fsp3) is 0.652. The van der Waals surface area contributed by atoms with E-state index in [1.807, 2.05) is 25.3 Å². The molecule has 3 aromatic heterocycles. The Bertz CT molecular complexity index is 1180. The van der Waals surface area contributed by atoms with Gasteiger partial charge in [-0.25, -0.2) is 4.98 Å². The number of ether oxygens (including phenoxy) is 1. The lowest BCUT2D eigenvalue weighted by Crippen LogP contribution is -2.29. The monoisotopic (exact) mass is 474 g/mol. The maximum Gasteiger partial charge on any atom is 0.263 e. The van der Waals surface area contributed by atoms with E-state index in [0.717, 1.165) is 48.9 Å². The lowest BCUT2D eigenvalue weighted by molar-refractivity contribution is 0.0937. The van der Waals surface area contributed by atoms with Crippen LogP contribution < -0.4 is 5.56 Å². The van der Waals surface area contributed by atoms with Crippen molar-refractivity contribution in [3.05, 3.63) is 32.5 Å². The molecular formula is C23H30N4O3S2. The molecule has 0 spiro atoms. The van der Waals surface area contributed by atoms with E-state index in [1.54, 1.807) is 11.3 Å². The molecule has 1 fully saturated rings. The lowest BCUT2D eigenvalue weighted by Gasteiger charge is -2.18. The second-order valence-corrected chi connectivity index (χ2v) is 12.1. The van der Waals surface area contributed by atoms with Crippen molar-refractivity contribution < 1.29 is 9.26 Å². The van der Waals surface area contributed by atoms with Crippen LogP contribution in [0.15, 0.2) is 14.5 Å². The van der Waals surface area contributed by atoms with Gasteiger partial charge in [0.2, 0.25) is 5.89 Å². The number of aryl methyl sites for hydroxylation is 1. The maximum atomic E-state index is 13.7. The summed E-state index contributed by atoms with van der Waals surface area (Å²) in [5, 5.41) is 5.67.